The maximum absolute atomic E-state index is 15.0. The van der Waals surface area contributed by atoms with Crippen LogP contribution in [0.3, 0.4) is 0 Å². The zero-order valence-electron chi connectivity index (χ0n) is 19.6. The Hall–Kier alpha value is -3.33. The van der Waals surface area contributed by atoms with E-state index in [0.717, 1.165) is 27.2 Å². The molecule has 5 rings (SSSR count). The molecule has 3 aromatic rings. The number of nitrogens with zero attached hydrogens (tertiary/aromatic N) is 1. The summed E-state index contributed by atoms with van der Waals surface area (Å²) >= 11 is 5.65. The third kappa shape index (κ3) is 4.15. The molecule has 0 unspecified atom stereocenters. The molecule has 2 aliphatic rings. The predicted octanol–water partition coefficient (Wildman–Crippen LogP) is 4.72. The third-order valence-electron chi connectivity index (χ3n) is 7.35. The highest BCUT2D eigenvalue weighted by atomic mass is 32.1. The number of aliphatic hydroxyl groups is 1. The number of hydrogen-bond acceptors (Lipinski definition) is 4. The summed E-state index contributed by atoms with van der Waals surface area (Å²) in [6.45, 7) is 0.312. The lowest BCUT2D eigenvalue weighted by atomic mass is 9.75. The van der Waals surface area contributed by atoms with Gasteiger partial charge in [0, 0.05) is 37.2 Å². The molecule has 0 radical (unpaired) electrons. The van der Waals surface area contributed by atoms with E-state index in [-0.39, 0.29) is 36.4 Å². The average molecular weight is 507 g/mol. The number of aliphatic hydroxyl groups excluding tert-OH is 1. The summed E-state index contributed by atoms with van der Waals surface area (Å²) in [5.74, 6) is -1.11. The zero-order chi connectivity index (χ0) is 25.3. The molecule has 6 nitrogen and oxygen atoms in total. The molecule has 2 atom stereocenters. The van der Waals surface area contributed by atoms with Crippen LogP contribution in [0.25, 0.3) is 11.1 Å². The van der Waals surface area contributed by atoms with Gasteiger partial charge in [0.05, 0.1) is 12.1 Å². The van der Waals surface area contributed by atoms with Crippen molar-refractivity contribution in [3.8, 4) is 11.1 Å². The highest BCUT2D eigenvalue weighted by molar-refractivity contribution is 7.80. The molecule has 36 heavy (non-hydrogen) atoms. The van der Waals surface area contributed by atoms with E-state index in [1.165, 1.54) is 6.07 Å². The van der Waals surface area contributed by atoms with Gasteiger partial charge >= 0.3 is 6.09 Å². The lowest BCUT2D eigenvalue weighted by Crippen LogP contribution is -2.61. The van der Waals surface area contributed by atoms with Crippen molar-refractivity contribution in [1.29, 1.82) is 0 Å². The minimum Gasteiger partial charge on any atom is -0.465 e. The fourth-order valence-corrected chi connectivity index (χ4v) is 5.88. The number of carbonyl (C=O) groups is 1. The number of carboxylic acid groups (broad SMARTS) is 1. The van der Waals surface area contributed by atoms with Crippen molar-refractivity contribution < 1.29 is 24.1 Å². The van der Waals surface area contributed by atoms with E-state index in [0.29, 0.717) is 13.0 Å². The number of fused-ring (bicyclic) bond motifs is 3. The summed E-state index contributed by atoms with van der Waals surface area (Å²) in [7, 11) is 0. The number of amides is 1. The molecule has 8 heteroatoms. The van der Waals surface area contributed by atoms with E-state index in [9.17, 15) is 15.0 Å². The maximum atomic E-state index is 15.0. The number of rotatable bonds is 5. The first kappa shape index (κ1) is 24.4. The van der Waals surface area contributed by atoms with E-state index in [4.69, 9.17) is 17.0 Å². The Balaban J connectivity index is 1.50. The van der Waals surface area contributed by atoms with Gasteiger partial charge in [0.1, 0.15) is 5.82 Å². The SMILES string of the molecule is O=C(O)N(CC1c2ccccc2-c2ccccc21)C(=S)N[C@@]1(c2ccccc2F)COCC[C@H]1CO. The summed E-state index contributed by atoms with van der Waals surface area (Å²) < 4.78 is 20.8. The number of nitrogens with one attached hydrogen (secondary N) is 1. The molecular formula is C28H27FN2O4S. The molecule has 0 saturated carbocycles. The standard InChI is InChI=1S/C28H27FN2O4S/c29-25-12-6-5-11-24(25)28(17-35-14-13-18(28)16-32)30-26(36)31(27(33)34)15-23-21-9-3-1-7-19(21)20-8-2-4-10-22(20)23/h1-12,18,23,32H,13-17H2,(H,30,36)(H,33,34)/t18-,28-/m0/s1. The van der Waals surface area contributed by atoms with Gasteiger partial charge in [0.25, 0.3) is 0 Å². The van der Waals surface area contributed by atoms with Crippen LogP contribution in [-0.2, 0) is 10.3 Å². The second kappa shape index (κ2) is 9.97. The van der Waals surface area contributed by atoms with Crippen molar-refractivity contribution in [3.05, 3.63) is 95.3 Å². The predicted molar refractivity (Wildman–Crippen MR) is 138 cm³/mol. The summed E-state index contributed by atoms with van der Waals surface area (Å²) in [5, 5.41) is 23.5. The Morgan fingerprint density at radius 3 is 2.28 bits per heavy atom. The molecule has 1 aliphatic heterocycles. The highest BCUT2D eigenvalue weighted by Crippen LogP contribution is 2.45. The van der Waals surface area contributed by atoms with Crippen LogP contribution in [0.1, 0.15) is 29.0 Å². The van der Waals surface area contributed by atoms with Gasteiger partial charge in [-0.05, 0) is 47.0 Å². The van der Waals surface area contributed by atoms with Crippen LogP contribution in [0.5, 0.6) is 0 Å². The van der Waals surface area contributed by atoms with Gasteiger partial charge in [-0.15, -0.1) is 0 Å². The van der Waals surface area contributed by atoms with Crippen molar-refractivity contribution in [3.63, 3.8) is 0 Å². The first-order valence-electron chi connectivity index (χ1n) is 11.9. The molecule has 1 amide bonds. The Morgan fingerprint density at radius 2 is 1.67 bits per heavy atom. The summed E-state index contributed by atoms with van der Waals surface area (Å²) in [6.07, 6.45) is -0.744. The summed E-state index contributed by atoms with van der Waals surface area (Å²) in [4.78, 5) is 13.6. The zero-order valence-corrected chi connectivity index (χ0v) is 20.4. The van der Waals surface area contributed by atoms with Gasteiger partial charge in [-0.2, -0.15) is 0 Å². The molecule has 1 saturated heterocycles. The van der Waals surface area contributed by atoms with Gasteiger partial charge < -0.3 is 20.3 Å². The van der Waals surface area contributed by atoms with Crippen molar-refractivity contribution in [2.24, 2.45) is 5.92 Å². The second-order valence-electron chi connectivity index (χ2n) is 9.22. The van der Waals surface area contributed by atoms with Crippen LogP contribution >= 0.6 is 12.2 Å². The van der Waals surface area contributed by atoms with Crippen molar-refractivity contribution in [2.45, 2.75) is 17.9 Å². The Kier molecular flexibility index (Phi) is 6.75. The number of ether oxygens (including phenoxy) is 1. The number of halogens is 1. The van der Waals surface area contributed by atoms with Crippen LogP contribution in [-0.4, -0.2) is 52.7 Å². The molecule has 0 bridgehead atoms. The molecule has 186 valence electrons. The molecule has 1 aliphatic carbocycles. The fraction of sp³-hybridized carbons (Fsp3) is 0.286. The molecule has 3 N–H and O–H groups in total. The summed E-state index contributed by atoms with van der Waals surface area (Å²) in [5.41, 5.74) is 3.29. The summed E-state index contributed by atoms with van der Waals surface area (Å²) in [6, 6.07) is 22.2. The Bertz CT molecular complexity index is 1260. The Morgan fingerprint density at radius 1 is 1.06 bits per heavy atom. The van der Waals surface area contributed by atoms with Gasteiger partial charge in [-0.25, -0.2) is 9.18 Å². The van der Waals surface area contributed by atoms with Crippen LogP contribution < -0.4 is 5.32 Å². The smallest absolute Gasteiger partial charge is 0.413 e. The molecule has 1 fully saturated rings. The van der Waals surface area contributed by atoms with Crippen LogP contribution in [0, 0.1) is 11.7 Å². The van der Waals surface area contributed by atoms with Gasteiger partial charge in [0.2, 0.25) is 0 Å². The third-order valence-corrected chi connectivity index (χ3v) is 7.67. The molecule has 0 aromatic heterocycles. The maximum Gasteiger partial charge on any atom is 0.413 e. The molecule has 3 aromatic carbocycles. The van der Waals surface area contributed by atoms with E-state index >= 15 is 4.39 Å². The highest BCUT2D eigenvalue weighted by Gasteiger charge is 2.46. The monoisotopic (exact) mass is 506 g/mol. The average Bonchev–Trinajstić information content (AvgIpc) is 3.21. The van der Waals surface area contributed by atoms with E-state index in [2.05, 4.69) is 5.32 Å². The van der Waals surface area contributed by atoms with Gasteiger partial charge in [-0.1, -0.05) is 66.7 Å². The van der Waals surface area contributed by atoms with Gasteiger partial charge in [0.15, 0.2) is 5.11 Å². The van der Waals surface area contributed by atoms with Crippen molar-refractivity contribution in [1.82, 2.24) is 10.2 Å². The Labute approximate surface area is 214 Å². The van der Waals surface area contributed by atoms with Crippen LogP contribution in [0.15, 0.2) is 72.8 Å². The first-order chi connectivity index (χ1) is 17.5. The van der Waals surface area contributed by atoms with E-state index in [1.54, 1.807) is 18.2 Å². The van der Waals surface area contributed by atoms with Crippen LogP contribution in [0.4, 0.5) is 9.18 Å². The minimum absolute atomic E-state index is 0.0435. The second-order valence-corrected chi connectivity index (χ2v) is 9.61. The molecule has 0 spiro atoms. The van der Waals surface area contributed by atoms with Crippen LogP contribution in [0.2, 0.25) is 0 Å². The minimum atomic E-state index is -1.21. The number of benzene rings is 3. The molecule has 1 heterocycles. The quantitative estimate of drug-likeness (QED) is 0.435. The topological polar surface area (TPSA) is 82.0 Å². The number of thiocarbonyl (C=S) groups is 1. The fourth-order valence-electron chi connectivity index (χ4n) is 5.54. The first-order valence-corrected chi connectivity index (χ1v) is 12.3. The lowest BCUT2D eigenvalue weighted by Gasteiger charge is -2.45. The lowest BCUT2D eigenvalue weighted by molar-refractivity contribution is -0.0349. The normalized spacial score (nSPS) is 20.9. The van der Waals surface area contributed by atoms with E-state index in [1.807, 2.05) is 48.5 Å². The van der Waals surface area contributed by atoms with Crippen molar-refractivity contribution in [2.75, 3.05) is 26.4 Å². The number of hydrogen-bond donors (Lipinski definition) is 3. The van der Waals surface area contributed by atoms with Gasteiger partial charge in [-0.3, -0.25) is 4.90 Å². The molecular weight excluding hydrogens is 479 g/mol. The van der Waals surface area contributed by atoms with Crippen molar-refractivity contribution >= 4 is 23.4 Å². The largest absolute Gasteiger partial charge is 0.465 e. The van der Waals surface area contributed by atoms with E-state index < -0.39 is 23.4 Å².